The molecule has 25 heavy (non-hydrogen) atoms. The Balaban J connectivity index is 1.76. The van der Waals surface area contributed by atoms with Crippen LogP contribution in [0.25, 0.3) is 0 Å². The van der Waals surface area contributed by atoms with Crippen molar-refractivity contribution in [1.82, 2.24) is 0 Å². The van der Waals surface area contributed by atoms with Crippen molar-refractivity contribution in [3.05, 3.63) is 53.1 Å². The van der Waals surface area contributed by atoms with Crippen LogP contribution in [0.15, 0.2) is 36.4 Å². The molecular weight excluding hydrogens is 322 g/mol. The minimum atomic E-state index is -1.03. The Morgan fingerprint density at radius 3 is 2.76 bits per heavy atom. The highest BCUT2D eigenvalue weighted by Gasteiger charge is 2.27. The van der Waals surface area contributed by atoms with Gasteiger partial charge in [0.05, 0.1) is 18.6 Å². The minimum absolute atomic E-state index is 0.135. The Bertz CT molecular complexity index is 831. The van der Waals surface area contributed by atoms with Crippen LogP contribution in [0, 0.1) is 12.8 Å². The van der Waals surface area contributed by atoms with Gasteiger partial charge in [0.1, 0.15) is 18.1 Å². The summed E-state index contributed by atoms with van der Waals surface area (Å²) in [6.07, 6.45) is 0.538. The second-order valence-corrected chi connectivity index (χ2v) is 6.01. The van der Waals surface area contributed by atoms with E-state index in [1.807, 2.05) is 25.1 Å². The van der Waals surface area contributed by atoms with Gasteiger partial charge in [0.15, 0.2) is 0 Å². The molecule has 0 spiro atoms. The number of carbonyl (C=O) groups excluding carboxylic acids is 1. The molecule has 1 amide bonds. The number of hydrogen-bond acceptors (Lipinski definition) is 4. The summed E-state index contributed by atoms with van der Waals surface area (Å²) in [5.74, 6) is -0.105. The van der Waals surface area contributed by atoms with Crippen molar-refractivity contribution in [2.45, 2.75) is 13.3 Å². The van der Waals surface area contributed by atoms with E-state index in [0.29, 0.717) is 17.9 Å². The van der Waals surface area contributed by atoms with Gasteiger partial charge in [-0.25, -0.2) is 4.79 Å². The normalized spacial score (nSPS) is 15.7. The summed E-state index contributed by atoms with van der Waals surface area (Å²) < 4.78 is 10.9. The molecule has 1 atom stereocenters. The number of hydrogen-bond donors (Lipinski definition) is 2. The molecule has 0 aliphatic carbocycles. The Labute approximate surface area is 145 Å². The molecule has 0 fully saturated rings. The van der Waals surface area contributed by atoms with Crippen molar-refractivity contribution in [1.29, 1.82) is 0 Å². The van der Waals surface area contributed by atoms with Crippen LogP contribution in [-0.4, -0.2) is 30.7 Å². The van der Waals surface area contributed by atoms with Crippen LogP contribution in [0.3, 0.4) is 0 Å². The van der Waals surface area contributed by atoms with E-state index >= 15 is 0 Å². The van der Waals surface area contributed by atoms with Gasteiger partial charge < -0.3 is 19.9 Å². The summed E-state index contributed by atoms with van der Waals surface area (Å²) >= 11 is 0. The number of nitrogens with one attached hydrogen (secondary N) is 1. The molecule has 0 saturated carbocycles. The first-order chi connectivity index (χ1) is 12.0. The molecule has 1 unspecified atom stereocenters. The van der Waals surface area contributed by atoms with Crippen molar-refractivity contribution in [2.24, 2.45) is 5.92 Å². The molecule has 130 valence electrons. The highest BCUT2D eigenvalue weighted by Crippen LogP contribution is 2.31. The number of carbonyl (C=O) groups is 2. The number of methoxy groups -OCH3 is 1. The van der Waals surface area contributed by atoms with Gasteiger partial charge >= 0.3 is 5.97 Å². The molecule has 0 aromatic heterocycles. The SMILES string of the molecule is COc1ccc2c(c1)CC(C(=O)Nc1cc(C(=O)O)ccc1C)CO2. The predicted molar refractivity (Wildman–Crippen MR) is 92.5 cm³/mol. The van der Waals surface area contributed by atoms with Gasteiger partial charge in [-0.1, -0.05) is 6.07 Å². The highest BCUT2D eigenvalue weighted by atomic mass is 16.5. The van der Waals surface area contributed by atoms with E-state index in [9.17, 15) is 9.59 Å². The molecule has 2 aromatic carbocycles. The number of carboxylic acids is 1. The monoisotopic (exact) mass is 341 g/mol. The Morgan fingerprint density at radius 2 is 2.04 bits per heavy atom. The van der Waals surface area contributed by atoms with Crippen molar-refractivity contribution in [3.8, 4) is 11.5 Å². The summed E-state index contributed by atoms with van der Waals surface area (Å²) in [5.41, 5.74) is 2.36. The molecule has 0 radical (unpaired) electrons. The summed E-state index contributed by atoms with van der Waals surface area (Å²) in [5, 5.41) is 11.9. The second-order valence-electron chi connectivity index (χ2n) is 6.01. The molecule has 0 bridgehead atoms. The third kappa shape index (κ3) is 3.57. The number of amides is 1. The number of carboxylic acid groups (broad SMARTS) is 1. The van der Waals surface area contributed by atoms with Gasteiger partial charge in [0.25, 0.3) is 0 Å². The summed E-state index contributed by atoms with van der Waals surface area (Å²) in [6, 6.07) is 10.2. The van der Waals surface area contributed by atoms with Crippen molar-refractivity contribution < 1.29 is 24.2 Å². The number of fused-ring (bicyclic) bond motifs is 1. The fourth-order valence-electron chi connectivity index (χ4n) is 2.79. The summed E-state index contributed by atoms with van der Waals surface area (Å²) in [7, 11) is 1.59. The van der Waals surface area contributed by atoms with E-state index in [1.54, 1.807) is 13.2 Å². The number of benzene rings is 2. The molecule has 0 saturated heterocycles. The number of aromatic carboxylic acids is 1. The molecule has 2 aromatic rings. The zero-order valence-electron chi connectivity index (χ0n) is 14.0. The maximum Gasteiger partial charge on any atom is 0.335 e. The lowest BCUT2D eigenvalue weighted by molar-refractivity contribution is -0.121. The quantitative estimate of drug-likeness (QED) is 0.893. The Morgan fingerprint density at radius 1 is 1.24 bits per heavy atom. The standard InChI is InChI=1S/C19H19NO5/c1-11-3-4-12(19(22)23)9-16(11)20-18(21)14-7-13-8-15(24-2)5-6-17(13)25-10-14/h3-6,8-9,14H,7,10H2,1-2H3,(H,20,21)(H,22,23). The molecule has 2 N–H and O–H groups in total. The molecular formula is C19H19NO5. The summed E-state index contributed by atoms with van der Waals surface area (Å²) in [4.78, 5) is 23.7. The lowest BCUT2D eigenvalue weighted by atomic mass is 9.95. The fraction of sp³-hybridized carbons (Fsp3) is 0.263. The van der Waals surface area contributed by atoms with Crippen LogP contribution < -0.4 is 14.8 Å². The number of rotatable bonds is 4. The van der Waals surface area contributed by atoms with Gasteiger partial charge in [0, 0.05) is 5.69 Å². The van der Waals surface area contributed by atoms with Gasteiger partial charge in [-0.2, -0.15) is 0 Å². The first-order valence-electron chi connectivity index (χ1n) is 7.92. The van der Waals surface area contributed by atoms with Crippen molar-refractivity contribution in [2.75, 3.05) is 19.0 Å². The largest absolute Gasteiger partial charge is 0.497 e. The molecule has 1 heterocycles. The number of ether oxygens (including phenoxy) is 2. The highest BCUT2D eigenvalue weighted by molar-refractivity contribution is 5.96. The van der Waals surface area contributed by atoms with E-state index in [1.165, 1.54) is 12.1 Å². The van der Waals surface area contributed by atoms with Gasteiger partial charge in [-0.05, 0) is 54.8 Å². The van der Waals surface area contributed by atoms with Crippen molar-refractivity contribution >= 4 is 17.6 Å². The van der Waals surface area contributed by atoms with Crippen LogP contribution in [0.5, 0.6) is 11.5 Å². The smallest absolute Gasteiger partial charge is 0.335 e. The van der Waals surface area contributed by atoms with E-state index in [-0.39, 0.29) is 24.0 Å². The van der Waals surface area contributed by atoms with E-state index in [0.717, 1.165) is 16.9 Å². The van der Waals surface area contributed by atoms with Gasteiger partial charge in [-0.3, -0.25) is 4.79 Å². The second kappa shape index (κ2) is 6.84. The third-order valence-electron chi connectivity index (χ3n) is 4.29. The Kier molecular flexibility index (Phi) is 4.61. The maximum absolute atomic E-state index is 12.6. The average molecular weight is 341 g/mol. The van der Waals surface area contributed by atoms with Crippen LogP contribution >= 0.6 is 0 Å². The van der Waals surface area contributed by atoms with E-state index in [4.69, 9.17) is 14.6 Å². The van der Waals surface area contributed by atoms with E-state index in [2.05, 4.69) is 5.32 Å². The fourth-order valence-corrected chi connectivity index (χ4v) is 2.79. The summed E-state index contributed by atoms with van der Waals surface area (Å²) in [6.45, 7) is 2.10. The first-order valence-corrected chi connectivity index (χ1v) is 7.92. The van der Waals surface area contributed by atoms with Crippen LogP contribution in [-0.2, 0) is 11.2 Å². The molecule has 3 rings (SSSR count). The lowest BCUT2D eigenvalue weighted by Gasteiger charge is -2.25. The van der Waals surface area contributed by atoms with Crippen molar-refractivity contribution in [3.63, 3.8) is 0 Å². The van der Waals surface area contributed by atoms with Gasteiger partial charge in [0.2, 0.25) is 5.91 Å². The number of aryl methyl sites for hydroxylation is 1. The maximum atomic E-state index is 12.6. The van der Waals surface area contributed by atoms with Crippen LogP contribution in [0.1, 0.15) is 21.5 Å². The average Bonchev–Trinajstić information content (AvgIpc) is 2.62. The molecule has 6 nitrogen and oxygen atoms in total. The zero-order valence-corrected chi connectivity index (χ0v) is 14.0. The molecule has 1 aliphatic heterocycles. The predicted octanol–water partition coefficient (Wildman–Crippen LogP) is 2.89. The first kappa shape index (κ1) is 16.8. The molecule has 1 aliphatic rings. The zero-order chi connectivity index (χ0) is 18.0. The van der Waals surface area contributed by atoms with Crippen LogP contribution in [0.2, 0.25) is 0 Å². The minimum Gasteiger partial charge on any atom is -0.497 e. The lowest BCUT2D eigenvalue weighted by Crippen LogP contribution is -2.32. The molecule has 6 heteroatoms. The van der Waals surface area contributed by atoms with Crippen LogP contribution in [0.4, 0.5) is 5.69 Å². The Hall–Kier alpha value is -3.02. The topological polar surface area (TPSA) is 84.9 Å². The third-order valence-corrected chi connectivity index (χ3v) is 4.29. The number of anilines is 1. The van der Waals surface area contributed by atoms with E-state index < -0.39 is 5.97 Å². The van der Waals surface area contributed by atoms with Gasteiger partial charge in [-0.15, -0.1) is 0 Å².